The molecular weight excluding hydrogens is 679 g/mol. The summed E-state index contributed by atoms with van der Waals surface area (Å²) in [6.07, 6.45) is 1.87. The first-order valence-corrected chi connectivity index (χ1v) is 16.1. The van der Waals surface area contributed by atoms with Gasteiger partial charge in [0.25, 0.3) is 0 Å². The van der Waals surface area contributed by atoms with E-state index < -0.39 is 8.07 Å². The molecule has 3 heteroatoms. The molecule has 3 heterocycles. The van der Waals surface area contributed by atoms with Crippen LogP contribution in [0, 0.1) is 6.07 Å². The summed E-state index contributed by atoms with van der Waals surface area (Å²) in [5.41, 5.74) is 13.1. The minimum atomic E-state index is -2.11. The monoisotopic (exact) mass is 705 g/mol. The zero-order valence-corrected chi connectivity index (χ0v) is 25.3. The molecule has 0 atom stereocenters. The van der Waals surface area contributed by atoms with Crippen LogP contribution in [-0.2, 0) is 32.2 Å². The fourth-order valence-corrected chi connectivity index (χ4v) is 12.2. The summed E-state index contributed by atoms with van der Waals surface area (Å²) in [6, 6.07) is 52.6. The Kier molecular flexibility index (Phi) is 6.24. The van der Waals surface area contributed by atoms with Gasteiger partial charge in [-0.1, -0.05) is 115 Å². The molecule has 0 unspecified atom stereocenters. The van der Waals surface area contributed by atoms with Gasteiger partial charge in [-0.25, -0.2) is 0 Å². The van der Waals surface area contributed by atoms with Crippen LogP contribution in [0.1, 0.15) is 11.1 Å². The summed E-state index contributed by atoms with van der Waals surface area (Å²) in [5, 5.41) is 3.17. The molecule has 0 aliphatic carbocycles. The first-order valence-electron chi connectivity index (χ1n) is 13.6. The van der Waals surface area contributed by atoms with E-state index in [0.29, 0.717) is 0 Å². The van der Waals surface area contributed by atoms with E-state index in [0.717, 1.165) is 23.3 Å². The summed E-state index contributed by atoms with van der Waals surface area (Å²) < 4.78 is 0. The van der Waals surface area contributed by atoms with Gasteiger partial charge in [0.1, 0.15) is 8.07 Å². The van der Waals surface area contributed by atoms with Crippen LogP contribution < -0.4 is 10.4 Å². The van der Waals surface area contributed by atoms with Gasteiger partial charge < -0.3 is 4.98 Å². The number of rotatable bonds is 3. The second-order valence-corrected chi connectivity index (χ2v) is 14.7. The summed E-state index contributed by atoms with van der Waals surface area (Å²) >= 11 is 0. The molecule has 0 saturated heterocycles. The van der Waals surface area contributed by atoms with Gasteiger partial charge in [-0.15, -0.1) is 34.9 Å². The van der Waals surface area contributed by atoms with Crippen molar-refractivity contribution in [2.75, 3.05) is 0 Å². The van der Waals surface area contributed by atoms with Crippen molar-refractivity contribution in [2.24, 2.45) is 0 Å². The van der Waals surface area contributed by atoms with Crippen LogP contribution in [0.3, 0.4) is 0 Å². The fraction of sp³-hybridized carbons (Fsp3) is 0.0541. The van der Waals surface area contributed by atoms with Gasteiger partial charge in [0, 0.05) is 26.3 Å². The van der Waals surface area contributed by atoms with Crippen molar-refractivity contribution in [3.05, 3.63) is 151 Å². The number of hydrogen-bond donors (Lipinski definition) is 0. The van der Waals surface area contributed by atoms with Crippen LogP contribution in [0.4, 0.5) is 0 Å². The molecule has 40 heavy (non-hydrogen) atoms. The third-order valence-electron chi connectivity index (χ3n) is 8.63. The Hall–Kier alpha value is -3.88. The van der Waals surface area contributed by atoms with Gasteiger partial charge in [-0.3, -0.25) is 0 Å². The summed E-state index contributed by atoms with van der Waals surface area (Å²) in [6.45, 7) is 0. The van der Waals surface area contributed by atoms with Crippen LogP contribution in [0.5, 0.6) is 0 Å². The first kappa shape index (κ1) is 25.1. The molecule has 6 aromatic rings. The van der Waals surface area contributed by atoms with Crippen LogP contribution >= 0.6 is 0 Å². The topological polar surface area (TPSA) is 12.9 Å². The van der Waals surface area contributed by atoms with Crippen molar-refractivity contribution in [3.8, 4) is 44.6 Å². The van der Waals surface area contributed by atoms with E-state index in [1.54, 1.807) is 10.4 Å². The maximum atomic E-state index is 4.61. The molecule has 1 nitrogen and oxygen atoms in total. The molecule has 0 amide bonds. The van der Waals surface area contributed by atoms with Crippen molar-refractivity contribution in [3.63, 3.8) is 0 Å². The van der Waals surface area contributed by atoms with Crippen molar-refractivity contribution in [1.29, 1.82) is 0 Å². The van der Waals surface area contributed by atoms with Crippen molar-refractivity contribution >= 4 is 18.4 Å². The van der Waals surface area contributed by atoms with Gasteiger partial charge in [-0.2, -0.15) is 0 Å². The van der Waals surface area contributed by atoms with E-state index in [-0.39, 0.29) is 20.1 Å². The van der Waals surface area contributed by atoms with E-state index >= 15 is 0 Å². The summed E-state index contributed by atoms with van der Waals surface area (Å²) in [5.74, 6) is 0. The molecule has 1 radical (unpaired) electrons. The van der Waals surface area contributed by atoms with Gasteiger partial charge in [0.15, 0.2) is 0 Å². The zero-order chi connectivity index (χ0) is 25.8. The summed E-state index contributed by atoms with van der Waals surface area (Å²) in [7, 11) is -2.11. The second-order valence-electron chi connectivity index (χ2n) is 10.8. The molecule has 0 N–H and O–H groups in total. The molecule has 0 saturated carbocycles. The molecule has 5 aromatic carbocycles. The normalized spacial score (nSPS) is 13.8. The van der Waals surface area contributed by atoms with E-state index in [2.05, 4.69) is 132 Å². The van der Waals surface area contributed by atoms with Crippen molar-refractivity contribution in [2.45, 2.75) is 12.1 Å². The van der Waals surface area contributed by atoms with Crippen LogP contribution in [0.25, 0.3) is 44.6 Å². The Morgan fingerprint density at radius 1 is 0.550 bits per heavy atom. The first-order chi connectivity index (χ1) is 19.3. The SMILES string of the molecule is [Ir].[c-]1cc2c(cc1-c1ccccn1)C[Si]1(C2)c2cc(-c3ccccc3)ccc2-c2ccc(-c3ccccc3)cc21. The average molecular weight is 705 g/mol. The van der Waals surface area contributed by atoms with Gasteiger partial charge in [0.05, 0.1) is 0 Å². The predicted octanol–water partition coefficient (Wildman–Crippen LogP) is 7.30. The van der Waals surface area contributed by atoms with Gasteiger partial charge in [0.2, 0.25) is 0 Å². The third kappa shape index (κ3) is 3.97. The van der Waals surface area contributed by atoms with Gasteiger partial charge in [-0.05, 0) is 61.6 Å². The molecular formula is C37H26IrNSi-. The zero-order valence-electron chi connectivity index (χ0n) is 21.9. The number of hydrogen-bond acceptors (Lipinski definition) is 1. The Bertz CT molecular complexity index is 1760. The van der Waals surface area contributed by atoms with Crippen molar-refractivity contribution < 1.29 is 20.1 Å². The van der Waals surface area contributed by atoms with Crippen LogP contribution in [-0.4, -0.2) is 13.1 Å². The number of fused-ring (bicyclic) bond motifs is 6. The molecule has 8 rings (SSSR count). The minimum absolute atomic E-state index is 0. The Morgan fingerprint density at radius 2 is 1.12 bits per heavy atom. The van der Waals surface area contributed by atoms with Crippen molar-refractivity contribution in [1.82, 2.24) is 4.98 Å². The number of nitrogens with zero attached hydrogens (tertiary/aromatic N) is 1. The number of benzene rings is 5. The number of pyridine rings is 1. The quantitative estimate of drug-likeness (QED) is 0.139. The van der Waals surface area contributed by atoms with E-state index in [4.69, 9.17) is 0 Å². The maximum Gasteiger partial charge on any atom is 0.118 e. The fourth-order valence-electron chi connectivity index (χ4n) is 6.77. The van der Waals surface area contributed by atoms with Crippen LogP contribution in [0.2, 0.25) is 0 Å². The third-order valence-corrected chi connectivity index (χ3v) is 13.5. The Balaban J connectivity index is 0.00000264. The molecule has 0 bridgehead atoms. The average Bonchev–Trinajstić information content (AvgIpc) is 3.53. The Morgan fingerprint density at radius 3 is 1.70 bits per heavy atom. The van der Waals surface area contributed by atoms with Crippen LogP contribution in [0.15, 0.2) is 134 Å². The molecule has 2 aliphatic rings. The molecule has 0 fully saturated rings. The van der Waals surface area contributed by atoms with E-state index in [1.165, 1.54) is 44.5 Å². The molecule has 2 aliphatic heterocycles. The molecule has 193 valence electrons. The second kappa shape index (κ2) is 9.94. The summed E-state index contributed by atoms with van der Waals surface area (Å²) in [4.78, 5) is 4.61. The smallest absolute Gasteiger partial charge is 0.118 e. The van der Waals surface area contributed by atoms with E-state index in [9.17, 15) is 0 Å². The van der Waals surface area contributed by atoms with Gasteiger partial charge >= 0.3 is 0 Å². The number of aromatic nitrogens is 1. The maximum absolute atomic E-state index is 4.61. The molecule has 1 spiro atoms. The largest absolute Gasteiger partial charge is 0.305 e. The predicted molar refractivity (Wildman–Crippen MR) is 164 cm³/mol. The minimum Gasteiger partial charge on any atom is -0.305 e. The molecule has 1 aromatic heterocycles. The Labute approximate surface area is 250 Å². The van der Waals surface area contributed by atoms with E-state index in [1.807, 2.05) is 12.3 Å². The standard InChI is InChI=1S/C37H26NSi.Ir/c1-3-9-26(10-4-1)28-16-18-33-34-19-17-29(27-11-5-2-6-12-27)23-37(34)39(36(33)22-28)24-31-15-14-30(21-32(31)25-39)35-13-7-8-20-38-35;/h1-13,15-23H,24-25H2;/q-1;.